The van der Waals surface area contributed by atoms with Gasteiger partial charge in [-0.3, -0.25) is 0 Å². The van der Waals surface area contributed by atoms with E-state index in [1.807, 2.05) is 0 Å². The van der Waals surface area contributed by atoms with Gasteiger partial charge in [0.15, 0.2) is 0 Å². The molecule has 1 aromatic rings. The standard InChI is InChI=1S/C13H19NO/c1-10-4-3-5-12-7-6-11(2)14(8-9-15)13(10)12/h3-5,11,15H,6-9H2,1-2H3. The fourth-order valence-corrected chi connectivity index (χ4v) is 2.51. The Labute approximate surface area is 91.5 Å². The fourth-order valence-electron chi connectivity index (χ4n) is 2.51. The SMILES string of the molecule is Cc1cccc2c1N(CCO)C(C)CC2. The molecule has 1 atom stereocenters. The van der Waals surface area contributed by atoms with Gasteiger partial charge in [0.1, 0.15) is 0 Å². The minimum atomic E-state index is 0.234. The van der Waals surface area contributed by atoms with Crippen molar-refractivity contribution in [2.24, 2.45) is 0 Å². The van der Waals surface area contributed by atoms with Gasteiger partial charge in [0.25, 0.3) is 0 Å². The number of fused-ring (bicyclic) bond motifs is 1. The average molecular weight is 205 g/mol. The van der Waals surface area contributed by atoms with Crippen molar-refractivity contribution < 1.29 is 5.11 Å². The van der Waals surface area contributed by atoms with E-state index in [0.717, 1.165) is 6.54 Å². The normalized spacial score (nSPS) is 20.2. The van der Waals surface area contributed by atoms with Gasteiger partial charge in [-0.25, -0.2) is 0 Å². The van der Waals surface area contributed by atoms with Crippen molar-refractivity contribution in [2.45, 2.75) is 32.7 Å². The van der Waals surface area contributed by atoms with Crippen LogP contribution in [0.5, 0.6) is 0 Å². The number of aryl methyl sites for hydroxylation is 2. The van der Waals surface area contributed by atoms with E-state index < -0.39 is 0 Å². The highest BCUT2D eigenvalue weighted by Gasteiger charge is 2.23. The molecule has 1 aliphatic rings. The summed E-state index contributed by atoms with van der Waals surface area (Å²) in [5, 5.41) is 9.11. The van der Waals surface area contributed by atoms with Crippen LogP contribution in [-0.2, 0) is 6.42 Å². The van der Waals surface area contributed by atoms with Gasteiger partial charge in [-0.2, -0.15) is 0 Å². The second kappa shape index (κ2) is 4.23. The zero-order valence-electron chi connectivity index (χ0n) is 9.53. The number of benzene rings is 1. The molecule has 0 aliphatic carbocycles. The first-order chi connectivity index (χ1) is 7.24. The van der Waals surface area contributed by atoms with Crippen molar-refractivity contribution in [3.05, 3.63) is 29.3 Å². The van der Waals surface area contributed by atoms with Crippen molar-refractivity contribution >= 4 is 5.69 Å². The lowest BCUT2D eigenvalue weighted by atomic mass is 9.94. The highest BCUT2D eigenvalue weighted by atomic mass is 16.3. The van der Waals surface area contributed by atoms with Crippen LogP contribution in [-0.4, -0.2) is 24.3 Å². The molecule has 1 N–H and O–H groups in total. The predicted octanol–water partition coefficient (Wildman–Crippen LogP) is 2.13. The Balaban J connectivity index is 2.41. The molecule has 0 fully saturated rings. The molecule has 1 aromatic carbocycles. The third-order valence-electron chi connectivity index (χ3n) is 3.31. The first-order valence-corrected chi connectivity index (χ1v) is 5.70. The lowest BCUT2D eigenvalue weighted by Crippen LogP contribution is -2.39. The molecular weight excluding hydrogens is 186 g/mol. The number of para-hydroxylation sites is 1. The summed E-state index contributed by atoms with van der Waals surface area (Å²) < 4.78 is 0. The van der Waals surface area contributed by atoms with Crippen LogP contribution in [0.2, 0.25) is 0 Å². The maximum Gasteiger partial charge on any atom is 0.0606 e. The number of rotatable bonds is 2. The number of nitrogens with zero attached hydrogens (tertiary/aromatic N) is 1. The molecule has 0 radical (unpaired) electrons. The van der Waals surface area contributed by atoms with Crippen molar-refractivity contribution in [3.63, 3.8) is 0 Å². The quantitative estimate of drug-likeness (QED) is 0.799. The summed E-state index contributed by atoms with van der Waals surface area (Å²) in [6, 6.07) is 7.03. The first-order valence-electron chi connectivity index (χ1n) is 5.70. The molecule has 15 heavy (non-hydrogen) atoms. The summed E-state index contributed by atoms with van der Waals surface area (Å²) in [6.45, 7) is 5.38. The second-order valence-electron chi connectivity index (χ2n) is 4.39. The molecule has 0 saturated heterocycles. The Morgan fingerprint density at radius 3 is 3.00 bits per heavy atom. The van der Waals surface area contributed by atoms with E-state index in [4.69, 9.17) is 5.11 Å². The van der Waals surface area contributed by atoms with Gasteiger partial charge < -0.3 is 10.0 Å². The zero-order valence-corrected chi connectivity index (χ0v) is 9.53. The summed E-state index contributed by atoms with van der Waals surface area (Å²) in [6.07, 6.45) is 2.36. The van der Waals surface area contributed by atoms with Crippen LogP contribution in [0.1, 0.15) is 24.5 Å². The lowest BCUT2D eigenvalue weighted by Gasteiger charge is -2.37. The summed E-state index contributed by atoms with van der Waals surface area (Å²) >= 11 is 0. The zero-order chi connectivity index (χ0) is 10.8. The maximum atomic E-state index is 9.11. The van der Waals surface area contributed by atoms with Crippen molar-refractivity contribution in [2.75, 3.05) is 18.1 Å². The molecule has 1 unspecified atom stereocenters. The summed E-state index contributed by atoms with van der Waals surface area (Å²) in [5.41, 5.74) is 4.11. The number of aliphatic hydroxyl groups is 1. The predicted molar refractivity (Wildman–Crippen MR) is 63.4 cm³/mol. The van der Waals surface area contributed by atoms with Crippen LogP contribution in [0, 0.1) is 6.92 Å². The summed E-state index contributed by atoms with van der Waals surface area (Å²) in [4.78, 5) is 2.34. The van der Waals surface area contributed by atoms with Gasteiger partial charge in [-0.15, -0.1) is 0 Å². The summed E-state index contributed by atoms with van der Waals surface area (Å²) in [5.74, 6) is 0. The molecule has 82 valence electrons. The number of hydrogen-bond acceptors (Lipinski definition) is 2. The highest BCUT2D eigenvalue weighted by Crippen LogP contribution is 2.33. The van der Waals surface area contributed by atoms with E-state index >= 15 is 0 Å². The Morgan fingerprint density at radius 2 is 2.27 bits per heavy atom. The van der Waals surface area contributed by atoms with Gasteiger partial charge in [-0.1, -0.05) is 18.2 Å². The largest absolute Gasteiger partial charge is 0.395 e. The van der Waals surface area contributed by atoms with Crippen LogP contribution in [0.25, 0.3) is 0 Å². The molecular formula is C13H19NO. The first kappa shape index (κ1) is 10.5. The Hall–Kier alpha value is -1.02. The van der Waals surface area contributed by atoms with Crippen LogP contribution >= 0.6 is 0 Å². The molecule has 0 spiro atoms. The minimum Gasteiger partial charge on any atom is -0.395 e. The van der Waals surface area contributed by atoms with Gasteiger partial charge >= 0.3 is 0 Å². The summed E-state index contributed by atoms with van der Waals surface area (Å²) in [7, 11) is 0. The smallest absolute Gasteiger partial charge is 0.0606 e. The number of β-amino-alcohol motifs (C(OH)–C–C–N with tert-alkyl or cyclic N) is 1. The molecule has 2 rings (SSSR count). The van der Waals surface area contributed by atoms with Gasteiger partial charge in [0.05, 0.1) is 6.61 Å². The Morgan fingerprint density at radius 1 is 1.47 bits per heavy atom. The molecule has 2 heteroatoms. The minimum absolute atomic E-state index is 0.234. The second-order valence-corrected chi connectivity index (χ2v) is 4.39. The van der Waals surface area contributed by atoms with E-state index in [1.54, 1.807) is 0 Å². The van der Waals surface area contributed by atoms with Crippen LogP contribution in [0.4, 0.5) is 5.69 Å². The maximum absolute atomic E-state index is 9.11. The Kier molecular flexibility index (Phi) is 2.96. The lowest BCUT2D eigenvalue weighted by molar-refractivity contribution is 0.296. The molecule has 1 aliphatic heterocycles. The molecule has 2 nitrogen and oxygen atoms in total. The molecule has 0 saturated carbocycles. The van der Waals surface area contributed by atoms with E-state index in [1.165, 1.54) is 29.7 Å². The van der Waals surface area contributed by atoms with Gasteiger partial charge in [0.2, 0.25) is 0 Å². The molecule has 0 aromatic heterocycles. The molecule has 0 amide bonds. The molecule has 0 bridgehead atoms. The van der Waals surface area contributed by atoms with E-state index in [9.17, 15) is 0 Å². The van der Waals surface area contributed by atoms with E-state index in [2.05, 4.69) is 36.9 Å². The fraction of sp³-hybridized carbons (Fsp3) is 0.538. The highest BCUT2D eigenvalue weighted by molar-refractivity contribution is 5.61. The van der Waals surface area contributed by atoms with Crippen LogP contribution in [0.3, 0.4) is 0 Å². The number of anilines is 1. The van der Waals surface area contributed by atoms with E-state index in [-0.39, 0.29) is 6.61 Å². The van der Waals surface area contributed by atoms with Gasteiger partial charge in [-0.05, 0) is 37.8 Å². The number of aliphatic hydroxyl groups excluding tert-OH is 1. The topological polar surface area (TPSA) is 23.5 Å². The van der Waals surface area contributed by atoms with Gasteiger partial charge in [0, 0.05) is 18.3 Å². The third kappa shape index (κ3) is 1.86. The monoisotopic (exact) mass is 205 g/mol. The van der Waals surface area contributed by atoms with Crippen molar-refractivity contribution in [1.82, 2.24) is 0 Å². The average Bonchev–Trinajstić information content (AvgIpc) is 2.23. The van der Waals surface area contributed by atoms with Crippen LogP contribution in [0.15, 0.2) is 18.2 Å². The third-order valence-corrected chi connectivity index (χ3v) is 3.31. The number of hydrogen-bond donors (Lipinski definition) is 1. The molecule has 1 heterocycles. The van der Waals surface area contributed by atoms with Crippen molar-refractivity contribution in [1.29, 1.82) is 0 Å². The van der Waals surface area contributed by atoms with Crippen LogP contribution < -0.4 is 4.90 Å². The Bertz CT molecular complexity index is 348. The van der Waals surface area contributed by atoms with E-state index in [0.29, 0.717) is 6.04 Å². The van der Waals surface area contributed by atoms with Crippen molar-refractivity contribution in [3.8, 4) is 0 Å².